The molecule has 10 heteroatoms. The van der Waals surface area contributed by atoms with Crippen LogP contribution in [0, 0.1) is 11.8 Å². The van der Waals surface area contributed by atoms with Crippen LogP contribution in [0.4, 0.5) is 13.2 Å². The predicted molar refractivity (Wildman–Crippen MR) is 124 cm³/mol. The predicted octanol–water partition coefficient (Wildman–Crippen LogP) is 5.35. The van der Waals surface area contributed by atoms with Gasteiger partial charge in [0.1, 0.15) is 11.5 Å². The third-order valence-electron chi connectivity index (χ3n) is 6.53. The Bertz CT molecular complexity index is 1400. The first-order chi connectivity index (χ1) is 16.8. The Balaban J connectivity index is 1.34. The molecule has 0 N–H and O–H groups in total. The number of aromatic nitrogens is 5. The summed E-state index contributed by atoms with van der Waals surface area (Å²) in [5.41, 5.74) is 1.86. The van der Waals surface area contributed by atoms with E-state index in [1.165, 1.54) is 10.9 Å². The minimum atomic E-state index is -4.14. The van der Waals surface area contributed by atoms with Crippen LogP contribution in [0.5, 0.6) is 11.5 Å². The molecule has 0 amide bonds. The molecule has 1 aliphatic rings. The highest BCUT2D eigenvalue weighted by molar-refractivity contribution is 5.79. The lowest BCUT2D eigenvalue weighted by Crippen LogP contribution is -2.31. The van der Waals surface area contributed by atoms with E-state index in [0.717, 1.165) is 5.56 Å². The number of ether oxygens (including phenoxy) is 1. The lowest BCUT2D eigenvalue weighted by atomic mass is 9.81. The Labute approximate surface area is 199 Å². The fraction of sp³-hybridized carbons (Fsp3) is 0.360. The molecule has 4 aromatic rings. The van der Waals surface area contributed by atoms with Gasteiger partial charge in [0.15, 0.2) is 0 Å². The molecule has 3 aromatic heterocycles. The van der Waals surface area contributed by atoms with E-state index in [1.54, 1.807) is 47.4 Å². The number of alkyl halides is 3. The van der Waals surface area contributed by atoms with Gasteiger partial charge >= 0.3 is 6.18 Å². The number of hydrogen-bond donors (Lipinski definition) is 0. The van der Waals surface area contributed by atoms with Crippen molar-refractivity contribution >= 4 is 10.9 Å². The van der Waals surface area contributed by atoms with Crippen molar-refractivity contribution in [1.82, 2.24) is 24.3 Å². The highest BCUT2D eigenvalue weighted by atomic mass is 19.4. The van der Waals surface area contributed by atoms with Gasteiger partial charge in [0.05, 0.1) is 35.0 Å². The number of aryl methyl sites for hydroxylation is 1. The van der Waals surface area contributed by atoms with E-state index in [9.17, 15) is 18.0 Å². The molecule has 7 nitrogen and oxygen atoms in total. The summed E-state index contributed by atoms with van der Waals surface area (Å²) >= 11 is 0. The Hall–Kier alpha value is -3.69. The Kier molecular flexibility index (Phi) is 6.04. The van der Waals surface area contributed by atoms with Crippen LogP contribution < -0.4 is 10.3 Å². The van der Waals surface area contributed by atoms with Crippen molar-refractivity contribution in [3.8, 4) is 22.8 Å². The number of fused-ring (bicyclic) bond motifs is 1. The molecule has 0 unspecified atom stereocenters. The maximum absolute atomic E-state index is 13.1. The van der Waals surface area contributed by atoms with Crippen molar-refractivity contribution in [2.45, 2.75) is 38.4 Å². The van der Waals surface area contributed by atoms with E-state index in [-0.39, 0.29) is 24.3 Å². The van der Waals surface area contributed by atoms with E-state index in [4.69, 9.17) is 4.74 Å². The van der Waals surface area contributed by atoms with Crippen LogP contribution in [0.1, 0.15) is 25.7 Å². The van der Waals surface area contributed by atoms with E-state index < -0.39 is 12.1 Å². The fourth-order valence-corrected chi connectivity index (χ4v) is 4.60. The van der Waals surface area contributed by atoms with E-state index in [0.29, 0.717) is 47.5 Å². The lowest BCUT2D eigenvalue weighted by molar-refractivity contribution is -0.184. The molecule has 1 fully saturated rings. The summed E-state index contributed by atoms with van der Waals surface area (Å²) in [6.07, 6.45) is 3.64. The molecule has 0 spiro atoms. The summed E-state index contributed by atoms with van der Waals surface area (Å²) in [6, 6.07) is 8.62. The molecule has 35 heavy (non-hydrogen) atoms. The van der Waals surface area contributed by atoms with Crippen molar-refractivity contribution < 1.29 is 17.9 Å². The lowest BCUT2D eigenvalue weighted by Gasteiger charge is -2.30. The average molecular weight is 483 g/mol. The fourth-order valence-electron chi connectivity index (χ4n) is 4.60. The quantitative estimate of drug-likeness (QED) is 0.382. The molecule has 3 heterocycles. The minimum absolute atomic E-state index is 0.0210. The summed E-state index contributed by atoms with van der Waals surface area (Å²) in [6.45, 7) is 0.357. The first-order valence-corrected chi connectivity index (χ1v) is 11.4. The van der Waals surface area contributed by atoms with Crippen LogP contribution in [-0.4, -0.2) is 30.5 Å². The Morgan fingerprint density at radius 3 is 2.54 bits per heavy atom. The molecular weight excluding hydrogens is 459 g/mol. The zero-order valence-corrected chi connectivity index (χ0v) is 19.1. The van der Waals surface area contributed by atoms with E-state index >= 15 is 0 Å². The van der Waals surface area contributed by atoms with Gasteiger partial charge in [-0.25, -0.2) is 4.98 Å². The number of rotatable bonds is 5. The SMILES string of the molecule is Cn1cc(-c2cc(Oc3ccc4ncn(CC5CCC(C(F)(F)F)CC5)c(=O)c4c3)ccn2)cn1. The summed E-state index contributed by atoms with van der Waals surface area (Å²) in [5, 5.41) is 4.56. The van der Waals surface area contributed by atoms with Gasteiger partial charge in [-0.3, -0.25) is 19.0 Å². The number of hydrogen-bond acceptors (Lipinski definition) is 5. The van der Waals surface area contributed by atoms with Crippen LogP contribution in [0.25, 0.3) is 22.2 Å². The van der Waals surface area contributed by atoms with Crippen LogP contribution in [0.15, 0.2) is 60.0 Å². The maximum atomic E-state index is 13.1. The van der Waals surface area contributed by atoms with E-state index in [2.05, 4.69) is 15.1 Å². The Morgan fingerprint density at radius 2 is 1.83 bits per heavy atom. The highest BCUT2D eigenvalue weighted by Crippen LogP contribution is 2.39. The normalized spacial score (nSPS) is 18.6. The topological polar surface area (TPSA) is 74.8 Å². The molecule has 1 saturated carbocycles. The van der Waals surface area contributed by atoms with Gasteiger partial charge in [0, 0.05) is 37.6 Å². The summed E-state index contributed by atoms with van der Waals surface area (Å²) in [4.78, 5) is 21.9. The second-order valence-corrected chi connectivity index (χ2v) is 9.02. The minimum Gasteiger partial charge on any atom is -0.457 e. The van der Waals surface area contributed by atoms with Gasteiger partial charge < -0.3 is 4.74 Å². The third-order valence-corrected chi connectivity index (χ3v) is 6.53. The molecular formula is C25H24F3N5O2. The van der Waals surface area contributed by atoms with Crippen molar-refractivity contribution in [3.63, 3.8) is 0 Å². The first-order valence-electron chi connectivity index (χ1n) is 11.4. The monoisotopic (exact) mass is 483 g/mol. The number of pyridine rings is 1. The molecule has 182 valence electrons. The zero-order valence-electron chi connectivity index (χ0n) is 19.1. The molecule has 0 saturated heterocycles. The molecule has 1 aliphatic carbocycles. The summed E-state index contributed by atoms with van der Waals surface area (Å²) in [7, 11) is 1.83. The van der Waals surface area contributed by atoms with E-state index in [1.807, 2.05) is 13.2 Å². The van der Waals surface area contributed by atoms with Gasteiger partial charge in [-0.15, -0.1) is 0 Å². The standard InChI is InChI=1S/C25H24F3N5O2/c1-32-14-17(12-31-32)23-11-20(8-9-29-23)35-19-6-7-22-21(10-19)24(34)33(15-30-22)13-16-2-4-18(5-3-16)25(26,27)28/h6-12,14-16,18H,2-5,13H2,1H3. The van der Waals surface area contributed by atoms with Crippen LogP contribution >= 0.6 is 0 Å². The van der Waals surface area contributed by atoms with Gasteiger partial charge in [0.2, 0.25) is 0 Å². The number of halogens is 3. The van der Waals surface area contributed by atoms with Crippen LogP contribution in [0.2, 0.25) is 0 Å². The van der Waals surface area contributed by atoms with Crippen molar-refractivity contribution in [2.24, 2.45) is 18.9 Å². The Morgan fingerprint density at radius 1 is 1.06 bits per heavy atom. The highest BCUT2D eigenvalue weighted by Gasteiger charge is 2.41. The number of benzene rings is 1. The first kappa shape index (κ1) is 23.1. The number of nitrogens with zero attached hydrogens (tertiary/aromatic N) is 5. The second-order valence-electron chi connectivity index (χ2n) is 9.02. The van der Waals surface area contributed by atoms with Gasteiger partial charge in [-0.2, -0.15) is 18.3 Å². The third kappa shape index (κ3) is 5.06. The maximum Gasteiger partial charge on any atom is 0.391 e. The smallest absolute Gasteiger partial charge is 0.391 e. The molecule has 5 rings (SSSR count). The van der Waals surface area contributed by atoms with Gasteiger partial charge in [-0.05, 0) is 55.9 Å². The van der Waals surface area contributed by atoms with Gasteiger partial charge in [-0.1, -0.05) is 0 Å². The molecule has 0 bridgehead atoms. The van der Waals surface area contributed by atoms with Gasteiger partial charge in [0.25, 0.3) is 5.56 Å². The van der Waals surface area contributed by atoms with Crippen molar-refractivity contribution in [2.75, 3.05) is 0 Å². The second kappa shape index (κ2) is 9.16. The van der Waals surface area contributed by atoms with Crippen LogP contribution in [-0.2, 0) is 13.6 Å². The molecule has 0 aliphatic heterocycles. The summed E-state index contributed by atoms with van der Waals surface area (Å²) < 4.78 is 48.0. The molecule has 1 aromatic carbocycles. The van der Waals surface area contributed by atoms with Crippen molar-refractivity contribution in [1.29, 1.82) is 0 Å². The largest absolute Gasteiger partial charge is 0.457 e. The molecule has 0 atom stereocenters. The zero-order chi connectivity index (χ0) is 24.6. The van der Waals surface area contributed by atoms with Crippen molar-refractivity contribution in [3.05, 3.63) is 65.6 Å². The summed E-state index contributed by atoms with van der Waals surface area (Å²) in [5.74, 6) is -0.184. The molecule has 0 radical (unpaired) electrons. The average Bonchev–Trinajstić information content (AvgIpc) is 3.27. The van der Waals surface area contributed by atoms with Crippen LogP contribution in [0.3, 0.4) is 0 Å².